The van der Waals surface area contributed by atoms with E-state index < -0.39 is 32.5 Å². The maximum Gasteiger partial charge on any atom is 0.245 e. The largest absolute Gasteiger partial charge is 0.379 e. The van der Waals surface area contributed by atoms with Crippen LogP contribution in [-0.4, -0.2) is 66.2 Å². The van der Waals surface area contributed by atoms with E-state index in [4.69, 9.17) is 4.74 Å². The summed E-state index contributed by atoms with van der Waals surface area (Å²) in [6.45, 7) is 2.80. The molecule has 0 aromatic heterocycles. The molecule has 1 fully saturated rings. The zero-order valence-electron chi connectivity index (χ0n) is 18.0. The van der Waals surface area contributed by atoms with Crippen molar-refractivity contribution in [2.24, 2.45) is 0 Å². The van der Waals surface area contributed by atoms with Gasteiger partial charge in [-0.05, 0) is 42.3 Å². The molecule has 0 bridgehead atoms. The highest BCUT2D eigenvalue weighted by atomic mass is 32.2. The fourth-order valence-electron chi connectivity index (χ4n) is 3.41. The van der Waals surface area contributed by atoms with Crippen LogP contribution in [0.4, 0.5) is 11.4 Å². The molecular formula is C21H27N3O6S2. The molecule has 1 heterocycles. The third kappa shape index (κ3) is 5.66. The molecule has 1 saturated heterocycles. The molecule has 1 aliphatic heterocycles. The summed E-state index contributed by atoms with van der Waals surface area (Å²) in [5.41, 5.74) is 1.64. The van der Waals surface area contributed by atoms with Crippen LogP contribution in [0.2, 0.25) is 0 Å². The lowest BCUT2D eigenvalue weighted by molar-refractivity contribution is -0.114. The van der Waals surface area contributed by atoms with Crippen LogP contribution < -0.4 is 9.62 Å². The quantitative estimate of drug-likeness (QED) is 0.614. The summed E-state index contributed by atoms with van der Waals surface area (Å²) in [6, 6.07) is 12.8. The Morgan fingerprint density at radius 3 is 2.25 bits per heavy atom. The topological polar surface area (TPSA) is 113 Å². The van der Waals surface area contributed by atoms with Gasteiger partial charge in [0.2, 0.25) is 26.0 Å². The van der Waals surface area contributed by atoms with Crippen molar-refractivity contribution in [3.8, 4) is 0 Å². The van der Waals surface area contributed by atoms with Crippen molar-refractivity contribution in [3.63, 3.8) is 0 Å². The van der Waals surface area contributed by atoms with Crippen LogP contribution in [0.1, 0.15) is 12.5 Å². The molecule has 11 heteroatoms. The number of carbonyl (C=O) groups excluding carboxylic acids is 1. The Hall–Kier alpha value is -2.47. The number of nitrogens with one attached hydrogen (secondary N) is 1. The number of sulfonamides is 2. The average molecular weight is 482 g/mol. The molecule has 2 aromatic rings. The molecule has 1 aliphatic rings. The van der Waals surface area contributed by atoms with Gasteiger partial charge in [0.15, 0.2) is 0 Å². The Morgan fingerprint density at radius 1 is 1.03 bits per heavy atom. The lowest BCUT2D eigenvalue weighted by atomic mass is 10.1. The van der Waals surface area contributed by atoms with E-state index in [9.17, 15) is 21.6 Å². The first-order valence-electron chi connectivity index (χ1n) is 10.2. The lowest BCUT2D eigenvalue weighted by Gasteiger charge is -2.26. The average Bonchev–Trinajstić information content (AvgIpc) is 2.77. The van der Waals surface area contributed by atoms with E-state index >= 15 is 0 Å². The summed E-state index contributed by atoms with van der Waals surface area (Å²) in [4.78, 5) is 12.7. The van der Waals surface area contributed by atoms with E-state index in [2.05, 4.69) is 5.32 Å². The normalized spacial score (nSPS) is 15.3. The number of rotatable bonds is 8. The highest BCUT2D eigenvalue weighted by Gasteiger charge is 2.26. The molecule has 9 nitrogen and oxygen atoms in total. The number of amides is 1. The van der Waals surface area contributed by atoms with E-state index in [-0.39, 0.29) is 4.90 Å². The van der Waals surface area contributed by atoms with Crippen LogP contribution in [0.15, 0.2) is 53.4 Å². The van der Waals surface area contributed by atoms with Crippen molar-refractivity contribution in [1.82, 2.24) is 4.31 Å². The molecule has 0 unspecified atom stereocenters. The second-order valence-electron chi connectivity index (χ2n) is 7.34. The number of nitrogens with zero attached hydrogens (tertiary/aromatic N) is 2. The maximum atomic E-state index is 12.7. The predicted octanol–water partition coefficient (Wildman–Crippen LogP) is 1.67. The number of hydrogen-bond acceptors (Lipinski definition) is 6. The van der Waals surface area contributed by atoms with Gasteiger partial charge in [0, 0.05) is 18.8 Å². The van der Waals surface area contributed by atoms with Gasteiger partial charge in [0.25, 0.3) is 0 Å². The second kappa shape index (κ2) is 9.99. The van der Waals surface area contributed by atoms with Gasteiger partial charge in [-0.1, -0.05) is 25.1 Å². The minimum absolute atomic E-state index is 0.118. The molecule has 0 radical (unpaired) electrons. The van der Waals surface area contributed by atoms with Crippen LogP contribution >= 0.6 is 0 Å². The van der Waals surface area contributed by atoms with E-state index in [0.717, 1.165) is 16.1 Å². The highest BCUT2D eigenvalue weighted by molar-refractivity contribution is 7.92. The monoisotopic (exact) mass is 481 g/mol. The Bertz CT molecular complexity index is 1160. The SMILES string of the molecule is CCc1ccccc1N(CC(=O)Nc1ccc(S(=O)(=O)N2CCOCC2)cc1)S(C)(=O)=O. The first-order valence-corrected chi connectivity index (χ1v) is 13.4. The number of ether oxygens (including phenoxy) is 1. The van der Waals surface area contributed by atoms with E-state index in [1.165, 1.54) is 28.6 Å². The lowest BCUT2D eigenvalue weighted by Crippen LogP contribution is -2.40. The summed E-state index contributed by atoms with van der Waals surface area (Å²) in [5, 5.41) is 2.64. The second-order valence-corrected chi connectivity index (χ2v) is 11.2. The van der Waals surface area contributed by atoms with Crippen molar-refractivity contribution >= 4 is 37.3 Å². The van der Waals surface area contributed by atoms with E-state index in [1.54, 1.807) is 12.1 Å². The molecule has 3 rings (SSSR count). The summed E-state index contributed by atoms with van der Waals surface area (Å²) >= 11 is 0. The molecule has 0 aliphatic carbocycles. The van der Waals surface area contributed by atoms with Crippen molar-refractivity contribution < 1.29 is 26.4 Å². The van der Waals surface area contributed by atoms with E-state index in [0.29, 0.717) is 44.1 Å². The van der Waals surface area contributed by atoms with Crippen LogP contribution in [0.5, 0.6) is 0 Å². The Morgan fingerprint density at radius 2 is 1.66 bits per heavy atom. The van der Waals surface area contributed by atoms with Crippen molar-refractivity contribution in [2.75, 3.05) is 48.7 Å². The first kappa shape index (κ1) is 24.2. The number of carbonyl (C=O) groups is 1. The van der Waals surface area contributed by atoms with Crippen molar-refractivity contribution in [2.45, 2.75) is 18.2 Å². The van der Waals surface area contributed by atoms with Gasteiger partial charge >= 0.3 is 0 Å². The fourth-order valence-corrected chi connectivity index (χ4v) is 5.71. The third-order valence-electron chi connectivity index (χ3n) is 5.07. The van der Waals surface area contributed by atoms with Crippen molar-refractivity contribution in [1.29, 1.82) is 0 Å². The molecule has 1 amide bonds. The minimum atomic E-state index is -3.70. The highest BCUT2D eigenvalue weighted by Crippen LogP contribution is 2.24. The molecule has 1 N–H and O–H groups in total. The maximum absolute atomic E-state index is 12.7. The zero-order valence-corrected chi connectivity index (χ0v) is 19.7. The van der Waals surface area contributed by atoms with Crippen LogP contribution in [-0.2, 0) is 36.0 Å². The van der Waals surface area contributed by atoms with Gasteiger partial charge in [-0.25, -0.2) is 16.8 Å². The molecule has 0 saturated carbocycles. The van der Waals surface area contributed by atoms with Gasteiger partial charge in [0.05, 0.1) is 30.1 Å². The Labute approximate surface area is 189 Å². The number of anilines is 2. The zero-order chi connectivity index (χ0) is 23.4. The number of hydrogen-bond donors (Lipinski definition) is 1. The number of morpholine rings is 1. The molecule has 174 valence electrons. The smallest absolute Gasteiger partial charge is 0.245 e. The van der Waals surface area contributed by atoms with Crippen molar-refractivity contribution in [3.05, 3.63) is 54.1 Å². The molecular weight excluding hydrogens is 454 g/mol. The predicted molar refractivity (Wildman–Crippen MR) is 123 cm³/mol. The summed E-state index contributed by atoms with van der Waals surface area (Å²) in [5.74, 6) is -0.537. The number of benzene rings is 2. The minimum Gasteiger partial charge on any atom is -0.379 e. The molecule has 2 aromatic carbocycles. The van der Waals surface area contributed by atoms with Gasteiger partial charge in [-0.2, -0.15) is 4.31 Å². The van der Waals surface area contributed by atoms with Gasteiger partial charge in [-0.15, -0.1) is 0 Å². The third-order valence-corrected chi connectivity index (χ3v) is 8.11. The number of aryl methyl sites for hydroxylation is 1. The standard InChI is InChI=1S/C21H27N3O6S2/c1-3-17-6-4-5-7-20(17)24(31(2,26)27)16-21(25)22-18-8-10-19(11-9-18)32(28,29)23-12-14-30-15-13-23/h4-11H,3,12-16H2,1-2H3,(H,22,25). The van der Waals surface area contributed by atoms with Gasteiger partial charge in [-0.3, -0.25) is 9.10 Å². The summed E-state index contributed by atoms with van der Waals surface area (Å²) in [6.07, 6.45) is 1.67. The Balaban J connectivity index is 1.73. The van der Waals surface area contributed by atoms with Crippen LogP contribution in [0.25, 0.3) is 0 Å². The van der Waals surface area contributed by atoms with Gasteiger partial charge < -0.3 is 10.1 Å². The van der Waals surface area contributed by atoms with Gasteiger partial charge in [0.1, 0.15) is 6.54 Å². The summed E-state index contributed by atoms with van der Waals surface area (Å²) in [7, 11) is -7.34. The molecule has 32 heavy (non-hydrogen) atoms. The summed E-state index contributed by atoms with van der Waals surface area (Å²) < 4.78 is 57.7. The Kier molecular flexibility index (Phi) is 7.55. The first-order chi connectivity index (χ1) is 15.1. The molecule has 0 atom stereocenters. The van der Waals surface area contributed by atoms with E-state index in [1.807, 2.05) is 19.1 Å². The number of para-hydroxylation sites is 1. The van der Waals surface area contributed by atoms with Crippen LogP contribution in [0, 0.1) is 0 Å². The molecule has 0 spiro atoms. The fraction of sp³-hybridized carbons (Fsp3) is 0.381. The van der Waals surface area contributed by atoms with Crippen LogP contribution in [0.3, 0.4) is 0 Å².